The Bertz CT molecular complexity index is 651. The predicted molar refractivity (Wildman–Crippen MR) is 104 cm³/mol. The second-order valence-electron chi connectivity index (χ2n) is 9.80. The molecule has 2 unspecified atom stereocenters. The first-order valence-corrected chi connectivity index (χ1v) is 10.7. The van der Waals surface area contributed by atoms with Crippen molar-refractivity contribution in [1.82, 2.24) is 0 Å². The molecule has 4 aliphatic carbocycles. The maximum atomic E-state index is 12.6. The van der Waals surface area contributed by atoms with E-state index in [0.29, 0.717) is 36.7 Å². The molecule has 150 valence electrons. The molecule has 4 aliphatic rings. The number of nitrogens with two attached hydrogens (primary N) is 1. The lowest BCUT2D eigenvalue weighted by atomic mass is 9.44. The van der Waals surface area contributed by atoms with Crippen molar-refractivity contribution in [2.45, 2.75) is 71.3 Å². The molecule has 0 aromatic carbocycles. The average Bonchev–Trinajstić information content (AvgIpc) is 2.96. The van der Waals surface area contributed by atoms with Crippen molar-refractivity contribution in [3.63, 3.8) is 0 Å². The van der Waals surface area contributed by atoms with Gasteiger partial charge in [0.25, 0.3) is 0 Å². The van der Waals surface area contributed by atoms with Crippen molar-refractivity contribution in [1.29, 1.82) is 0 Å². The second kappa shape index (κ2) is 6.94. The van der Waals surface area contributed by atoms with Crippen molar-refractivity contribution in [3.05, 3.63) is 4.91 Å². The quantitative estimate of drug-likeness (QED) is 0.461. The Labute approximate surface area is 161 Å². The Morgan fingerprint density at radius 3 is 2.70 bits per heavy atom. The Hall–Kier alpha value is -1.30. The molecule has 7 atom stereocenters. The van der Waals surface area contributed by atoms with E-state index in [-0.39, 0.29) is 22.8 Å². The highest BCUT2D eigenvalue weighted by atomic mass is 16.6. The van der Waals surface area contributed by atoms with Gasteiger partial charge in [-0.05, 0) is 74.0 Å². The molecule has 0 aromatic heterocycles. The molecule has 0 aliphatic heterocycles. The predicted octanol–water partition coefficient (Wildman–Crippen LogP) is 3.67. The number of fused-ring (bicyclic) bond motifs is 5. The fourth-order valence-corrected chi connectivity index (χ4v) is 7.26. The van der Waals surface area contributed by atoms with Gasteiger partial charge in [-0.25, -0.2) is 0 Å². The first-order valence-electron chi connectivity index (χ1n) is 10.7. The Kier molecular flexibility index (Phi) is 4.90. The molecule has 0 heterocycles. The third kappa shape index (κ3) is 2.86. The van der Waals surface area contributed by atoms with E-state index in [0.717, 1.165) is 57.1 Å². The molecule has 4 rings (SSSR count). The molecule has 4 saturated carbocycles. The molecular formula is C21H33N3O3. The van der Waals surface area contributed by atoms with Crippen molar-refractivity contribution in [2.75, 3.05) is 13.2 Å². The van der Waals surface area contributed by atoms with Crippen LogP contribution >= 0.6 is 0 Å². The Morgan fingerprint density at radius 2 is 1.96 bits per heavy atom. The van der Waals surface area contributed by atoms with Crippen LogP contribution in [0.4, 0.5) is 0 Å². The highest BCUT2D eigenvalue weighted by Gasteiger charge is 2.62. The fourth-order valence-electron chi connectivity index (χ4n) is 7.26. The highest BCUT2D eigenvalue weighted by molar-refractivity contribution is 5.87. The molecule has 0 saturated heterocycles. The van der Waals surface area contributed by atoms with Crippen LogP contribution in [0, 0.1) is 39.4 Å². The number of ketones is 1. The molecule has 2 N–H and O–H groups in total. The first-order chi connectivity index (χ1) is 12.9. The van der Waals surface area contributed by atoms with Gasteiger partial charge in [0.1, 0.15) is 12.4 Å². The zero-order chi connectivity index (χ0) is 19.2. The van der Waals surface area contributed by atoms with E-state index in [1.165, 1.54) is 0 Å². The van der Waals surface area contributed by atoms with Crippen LogP contribution in [0.2, 0.25) is 0 Å². The maximum Gasteiger partial charge on any atom is 0.139 e. The van der Waals surface area contributed by atoms with E-state index >= 15 is 0 Å². The smallest absolute Gasteiger partial charge is 0.139 e. The van der Waals surface area contributed by atoms with Gasteiger partial charge >= 0.3 is 0 Å². The SMILES string of the molecule is C[C@]12CCC(=NOCCN)CC1C(N=O)C[C@@H]1[C@@H]2CC[C@]2(C)C(=O)CC[C@@H]12. The highest BCUT2D eigenvalue weighted by Crippen LogP contribution is 2.65. The van der Waals surface area contributed by atoms with E-state index in [1.807, 2.05) is 0 Å². The van der Waals surface area contributed by atoms with Crippen LogP contribution in [0.15, 0.2) is 10.3 Å². The minimum atomic E-state index is -0.172. The van der Waals surface area contributed by atoms with Gasteiger partial charge < -0.3 is 10.6 Å². The molecular weight excluding hydrogens is 342 g/mol. The van der Waals surface area contributed by atoms with Crippen LogP contribution in [0.25, 0.3) is 0 Å². The van der Waals surface area contributed by atoms with Crippen LogP contribution in [0.5, 0.6) is 0 Å². The lowest BCUT2D eigenvalue weighted by Crippen LogP contribution is -2.57. The number of Topliss-reactive ketones (excluding diaryl/α,β-unsaturated/α-hetero) is 1. The number of carbonyl (C=O) groups excluding carboxylic acids is 1. The fraction of sp³-hybridized carbons (Fsp3) is 0.905. The minimum Gasteiger partial charge on any atom is -0.395 e. The van der Waals surface area contributed by atoms with Gasteiger partial charge in [0.05, 0.1) is 11.8 Å². The summed E-state index contributed by atoms with van der Waals surface area (Å²) in [7, 11) is 0. The van der Waals surface area contributed by atoms with E-state index in [1.54, 1.807) is 0 Å². The van der Waals surface area contributed by atoms with Crippen LogP contribution in [0.1, 0.15) is 65.2 Å². The van der Waals surface area contributed by atoms with Gasteiger partial charge in [0, 0.05) is 18.4 Å². The van der Waals surface area contributed by atoms with Crippen LogP contribution in [0.3, 0.4) is 0 Å². The number of hydrogen-bond donors (Lipinski definition) is 1. The van der Waals surface area contributed by atoms with E-state index < -0.39 is 0 Å². The molecule has 6 heteroatoms. The summed E-state index contributed by atoms with van der Waals surface area (Å²) < 4.78 is 0. The van der Waals surface area contributed by atoms with Crippen LogP contribution < -0.4 is 5.73 Å². The molecule has 0 radical (unpaired) electrons. The number of nitrogens with zero attached hydrogens (tertiary/aromatic N) is 2. The molecule has 0 spiro atoms. The van der Waals surface area contributed by atoms with Crippen molar-refractivity contribution in [3.8, 4) is 0 Å². The maximum absolute atomic E-state index is 12.6. The molecule has 4 fully saturated rings. The van der Waals surface area contributed by atoms with Crippen LogP contribution in [-0.4, -0.2) is 30.7 Å². The van der Waals surface area contributed by atoms with Crippen molar-refractivity contribution >= 4 is 11.5 Å². The van der Waals surface area contributed by atoms with Gasteiger partial charge in [-0.1, -0.05) is 24.2 Å². The molecule has 0 amide bonds. The largest absolute Gasteiger partial charge is 0.395 e. The lowest BCUT2D eigenvalue weighted by Gasteiger charge is -2.60. The van der Waals surface area contributed by atoms with Gasteiger partial charge in [-0.2, -0.15) is 4.91 Å². The number of rotatable bonds is 4. The summed E-state index contributed by atoms with van der Waals surface area (Å²) in [5.74, 6) is 2.19. The average molecular weight is 376 g/mol. The number of oxime groups is 1. The zero-order valence-corrected chi connectivity index (χ0v) is 16.7. The van der Waals surface area contributed by atoms with Gasteiger partial charge in [-0.3, -0.25) is 4.79 Å². The topological polar surface area (TPSA) is 94.1 Å². The standard InChI is InChI=1S/C21H33N3O3/c1-20-7-5-13(24-27-10-9-22)11-17(20)18(23-26)12-14-15-3-4-19(25)21(15,2)8-6-16(14)20/h14-18H,3-12,22H2,1-2H3/t14-,15-,16-,17?,18?,20+,21-/m0/s1. The summed E-state index contributed by atoms with van der Waals surface area (Å²) in [6, 6.07) is -0.172. The third-order valence-electron chi connectivity index (χ3n) is 8.76. The van der Waals surface area contributed by atoms with E-state index in [2.05, 4.69) is 24.2 Å². The van der Waals surface area contributed by atoms with Gasteiger partial charge in [0.2, 0.25) is 0 Å². The molecule has 27 heavy (non-hydrogen) atoms. The zero-order valence-electron chi connectivity index (χ0n) is 16.7. The van der Waals surface area contributed by atoms with E-state index in [9.17, 15) is 9.70 Å². The van der Waals surface area contributed by atoms with Crippen molar-refractivity contribution < 1.29 is 9.63 Å². The van der Waals surface area contributed by atoms with Crippen LogP contribution in [-0.2, 0) is 9.63 Å². The summed E-state index contributed by atoms with van der Waals surface area (Å²) in [4.78, 5) is 29.7. The Balaban J connectivity index is 1.60. The first kappa shape index (κ1) is 19.0. The lowest BCUT2D eigenvalue weighted by molar-refractivity contribution is -0.138. The monoisotopic (exact) mass is 375 g/mol. The van der Waals surface area contributed by atoms with Gasteiger partial charge in [-0.15, -0.1) is 0 Å². The molecule has 6 nitrogen and oxygen atoms in total. The third-order valence-corrected chi connectivity index (χ3v) is 8.76. The minimum absolute atomic E-state index is 0.112. The number of nitroso groups, excluding NO2 is 1. The van der Waals surface area contributed by atoms with Gasteiger partial charge in [0.15, 0.2) is 0 Å². The van der Waals surface area contributed by atoms with E-state index in [4.69, 9.17) is 10.6 Å². The summed E-state index contributed by atoms with van der Waals surface area (Å²) in [5.41, 5.74) is 6.48. The number of carbonyl (C=O) groups is 1. The van der Waals surface area contributed by atoms with Crippen molar-refractivity contribution in [2.24, 2.45) is 50.6 Å². The Morgan fingerprint density at radius 1 is 1.15 bits per heavy atom. The molecule has 0 aromatic rings. The normalized spacial score (nSPS) is 47.9. The summed E-state index contributed by atoms with van der Waals surface area (Å²) >= 11 is 0. The summed E-state index contributed by atoms with van der Waals surface area (Å²) in [5, 5.41) is 7.89. The molecule has 0 bridgehead atoms. The summed E-state index contributed by atoms with van der Waals surface area (Å²) in [6.45, 7) is 5.45. The summed E-state index contributed by atoms with van der Waals surface area (Å²) in [6.07, 6.45) is 7.46. The second-order valence-corrected chi connectivity index (χ2v) is 9.80. The number of hydrogen-bond acceptors (Lipinski definition) is 6.